The van der Waals surface area contributed by atoms with Crippen LogP contribution in [-0.4, -0.2) is 22.0 Å². The van der Waals surface area contributed by atoms with Crippen LogP contribution < -0.4 is 27.0 Å². The van der Waals surface area contributed by atoms with Gasteiger partial charge in [-0.1, -0.05) is 0 Å². The molecule has 126 valence electrons. The Bertz CT molecular complexity index is 1090. The maximum absolute atomic E-state index is 14.0. The Hall–Kier alpha value is -3.61. The summed E-state index contributed by atoms with van der Waals surface area (Å²) >= 11 is 0. The summed E-state index contributed by atoms with van der Waals surface area (Å²) in [5, 5.41) is 12.1. The second kappa shape index (κ2) is 4.70. The Balaban J connectivity index is 2.17. The zero-order valence-corrected chi connectivity index (χ0v) is 12.5. The predicted octanol–water partition coefficient (Wildman–Crippen LogP) is -0.931. The Morgan fingerprint density at radius 1 is 1.36 bits per heavy atom. The van der Waals surface area contributed by atoms with Crippen molar-refractivity contribution >= 4 is 5.91 Å². The van der Waals surface area contributed by atoms with Gasteiger partial charge >= 0.3 is 5.69 Å². The normalized spacial score (nSPS) is 26.9. The topological polar surface area (TPSA) is 154 Å². The third kappa shape index (κ3) is 1.72. The number of aromatic amines is 2. The molecular weight excluding hydrogens is 333 g/mol. The molecule has 1 aromatic rings. The Morgan fingerprint density at radius 3 is 2.84 bits per heavy atom. The first-order valence-corrected chi connectivity index (χ1v) is 7.22. The van der Waals surface area contributed by atoms with Crippen LogP contribution in [-0.2, 0) is 10.2 Å². The van der Waals surface area contributed by atoms with Crippen LogP contribution in [0, 0.1) is 11.3 Å². The summed E-state index contributed by atoms with van der Waals surface area (Å²) in [6.45, 7) is 0. The Labute approximate surface area is 138 Å². The van der Waals surface area contributed by atoms with Gasteiger partial charge in [-0.25, -0.2) is 9.18 Å². The van der Waals surface area contributed by atoms with Gasteiger partial charge in [0, 0.05) is 12.1 Å². The monoisotopic (exact) mass is 343 g/mol. The summed E-state index contributed by atoms with van der Waals surface area (Å²) in [6, 6.07) is 1.79. The highest BCUT2D eigenvalue weighted by Gasteiger charge is 2.59. The van der Waals surface area contributed by atoms with E-state index in [0.29, 0.717) is 0 Å². The molecule has 25 heavy (non-hydrogen) atoms. The fourth-order valence-electron chi connectivity index (χ4n) is 3.52. The van der Waals surface area contributed by atoms with Crippen LogP contribution in [0.4, 0.5) is 4.39 Å². The number of halogens is 1. The van der Waals surface area contributed by atoms with Crippen LogP contribution >= 0.6 is 0 Å². The maximum Gasteiger partial charge on any atom is 0.328 e. The molecule has 9 nitrogen and oxygen atoms in total. The number of fused-ring (bicyclic) bond motifs is 3. The van der Waals surface area contributed by atoms with Crippen molar-refractivity contribution in [2.45, 2.75) is 18.0 Å². The third-order valence-electron chi connectivity index (χ3n) is 4.47. The van der Waals surface area contributed by atoms with E-state index in [9.17, 15) is 24.0 Å². The number of hydrogen-bond donors (Lipinski definition) is 4. The molecule has 0 saturated carbocycles. The number of nitrogens with one attached hydrogen (secondary N) is 3. The van der Waals surface area contributed by atoms with E-state index in [1.165, 1.54) is 12.2 Å². The molecule has 1 amide bonds. The van der Waals surface area contributed by atoms with Crippen LogP contribution in [0.1, 0.15) is 12.0 Å². The van der Waals surface area contributed by atoms with E-state index in [-0.39, 0.29) is 34.7 Å². The number of allylic oxidation sites excluding steroid dienone is 2. The van der Waals surface area contributed by atoms with Crippen LogP contribution in [0.2, 0.25) is 0 Å². The highest BCUT2D eigenvalue weighted by atomic mass is 19.1. The number of amides is 1. The van der Waals surface area contributed by atoms with E-state index in [4.69, 9.17) is 10.5 Å². The van der Waals surface area contributed by atoms with E-state index in [1.54, 1.807) is 6.07 Å². The molecule has 1 aliphatic carbocycles. The second-order valence-electron chi connectivity index (χ2n) is 5.74. The van der Waals surface area contributed by atoms with Crippen molar-refractivity contribution in [1.82, 2.24) is 15.3 Å². The molecule has 0 bridgehead atoms. The first-order chi connectivity index (χ1) is 11.9. The average Bonchev–Trinajstić information content (AvgIpc) is 2.80. The number of aromatic nitrogens is 2. The lowest BCUT2D eigenvalue weighted by Gasteiger charge is -2.34. The highest BCUT2D eigenvalue weighted by Crippen LogP contribution is 2.51. The molecular formula is C15H10FN5O4. The minimum atomic E-state index is -1.95. The molecule has 2 unspecified atom stereocenters. The molecule has 0 fully saturated rings. The van der Waals surface area contributed by atoms with Gasteiger partial charge in [-0.05, 0) is 17.7 Å². The van der Waals surface area contributed by atoms with Gasteiger partial charge in [-0.2, -0.15) is 5.26 Å². The van der Waals surface area contributed by atoms with Crippen molar-refractivity contribution in [1.29, 1.82) is 5.26 Å². The number of ether oxygens (including phenoxy) is 1. The van der Waals surface area contributed by atoms with Crippen molar-refractivity contribution in [2.24, 2.45) is 5.73 Å². The number of alkyl halides is 1. The van der Waals surface area contributed by atoms with Gasteiger partial charge in [0.1, 0.15) is 28.8 Å². The largest absolute Gasteiger partial charge is 0.423 e. The lowest BCUT2D eigenvalue weighted by molar-refractivity contribution is -0.122. The fraction of sp³-hybridized carbons (Fsp3) is 0.200. The third-order valence-corrected chi connectivity index (χ3v) is 4.47. The Morgan fingerprint density at radius 2 is 2.12 bits per heavy atom. The van der Waals surface area contributed by atoms with Crippen LogP contribution in [0.5, 0.6) is 5.88 Å². The first kappa shape index (κ1) is 14.9. The van der Waals surface area contributed by atoms with Crippen LogP contribution in [0.15, 0.2) is 44.5 Å². The van der Waals surface area contributed by atoms with E-state index in [2.05, 4.69) is 10.3 Å². The molecule has 0 saturated heterocycles. The lowest BCUT2D eigenvalue weighted by Crippen LogP contribution is -2.49. The van der Waals surface area contributed by atoms with Gasteiger partial charge < -0.3 is 15.8 Å². The molecule has 1 spiro atoms. The summed E-state index contributed by atoms with van der Waals surface area (Å²) in [6.07, 6.45) is 1.00. The molecule has 3 aliphatic rings. The number of rotatable bonds is 0. The SMILES string of the molecule is N#CC1=C(N)Oc2[nH]c(=O)[nH]c(=O)c2C12C(=O)NC1=C2CC(F)C=C1. The molecule has 3 heterocycles. The number of H-pyrrole nitrogens is 2. The van der Waals surface area contributed by atoms with E-state index < -0.39 is 34.6 Å². The molecule has 10 heteroatoms. The van der Waals surface area contributed by atoms with Gasteiger partial charge in [-0.15, -0.1) is 0 Å². The number of nitrogens with zero attached hydrogens (tertiary/aromatic N) is 1. The second-order valence-corrected chi connectivity index (χ2v) is 5.74. The average molecular weight is 343 g/mol. The maximum atomic E-state index is 14.0. The van der Waals surface area contributed by atoms with Gasteiger partial charge in [0.05, 0.1) is 0 Å². The van der Waals surface area contributed by atoms with Gasteiger partial charge in [-0.3, -0.25) is 19.6 Å². The van der Waals surface area contributed by atoms with Crippen LogP contribution in [0.3, 0.4) is 0 Å². The predicted molar refractivity (Wildman–Crippen MR) is 80.6 cm³/mol. The van der Waals surface area contributed by atoms with E-state index in [0.717, 1.165) is 0 Å². The minimum Gasteiger partial charge on any atom is -0.423 e. The summed E-state index contributed by atoms with van der Waals surface area (Å²) in [5.41, 5.74) is 1.87. The van der Waals surface area contributed by atoms with Gasteiger partial charge in [0.2, 0.25) is 17.7 Å². The number of hydrogen-bond acceptors (Lipinski definition) is 6. The molecule has 4 rings (SSSR count). The molecule has 0 aromatic carbocycles. The van der Waals surface area contributed by atoms with Crippen LogP contribution in [0.25, 0.3) is 0 Å². The van der Waals surface area contributed by atoms with Gasteiger partial charge in [0.15, 0.2) is 0 Å². The molecule has 2 atom stereocenters. The summed E-state index contributed by atoms with van der Waals surface area (Å²) in [5.74, 6) is -1.53. The van der Waals surface area contributed by atoms with Gasteiger partial charge in [0.25, 0.3) is 5.56 Å². The molecule has 0 radical (unpaired) electrons. The fourth-order valence-corrected chi connectivity index (χ4v) is 3.52. The van der Waals surface area contributed by atoms with Crippen molar-refractivity contribution in [3.05, 3.63) is 61.3 Å². The number of nitrogens with two attached hydrogens (primary N) is 1. The first-order valence-electron chi connectivity index (χ1n) is 7.22. The van der Waals surface area contributed by atoms with Crippen molar-refractivity contribution in [2.75, 3.05) is 0 Å². The number of carbonyl (C=O) groups is 1. The van der Waals surface area contributed by atoms with Crippen molar-refractivity contribution in [3.63, 3.8) is 0 Å². The lowest BCUT2D eigenvalue weighted by atomic mass is 9.67. The Kier molecular flexibility index (Phi) is 2.81. The highest BCUT2D eigenvalue weighted by molar-refractivity contribution is 6.02. The molecule has 5 N–H and O–H groups in total. The standard InChI is InChI=1S/C15H10FN5O4/c16-5-1-2-8-6(3-5)15(13(23)19-8)7(4-17)10(18)25-12-9(15)11(22)20-14(24)21-12/h1-2,5H,3,18H2,(H,19,23)(H2,20,21,22,24). The molecule has 1 aromatic heterocycles. The molecule has 2 aliphatic heterocycles. The summed E-state index contributed by atoms with van der Waals surface area (Å²) < 4.78 is 19.2. The zero-order valence-electron chi connectivity index (χ0n) is 12.5. The summed E-state index contributed by atoms with van der Waals surface area (Å²) in [4.78, 5) is 41.2. The number of carbonyl (C=O) groups excluding carboxylic acids is 1. The zero-order chi connectivity index (χ0) is 17.9. The van der Waals surface area contributed by atoms with Crippen molar-refractivity contribution in [3.8, 4) is 11.9 Å². The minimum absolute atomic E-state index is 0.189. The quantitative estimate of drug-likeness (QED) is 0.477. The van der Waals surface area contributed by atoms with E-state index >= 15 is 0 Å². The smallest absolute Gasteiger partial charge is 0.328 e. The van der Waals surface area contributed by atoms with Crippen molar-refractivity contribution < 1.29 is 13.9 Å². The summed E-state index contributed by atoms with van der Waals surface area (Å²) in [7, 11) is 0. The number of nitriles is 1. The van der Waals surface area contributed by atoms with E-state index in [1.807, 2.05) is 4.98 Å².